The number of aliphatic hydroxyl groups excluding tert-OH is 1. The van der Waals surface area contributed by atoms with Crippen LogP contribution in [0.25, 0.3) is 0 Å². The lowest BCUT2D eigenvalue weighted by atomic mass is 10.1. The molecular formula is C14H17BrO4. The summed E-state index contributed by atoms with van der Waals surface area (Å²) in [6, 6.07) is 5.72. The summed E-state index contributed by atoms with van der Waals surface area (Å²) in [6.45, 7) is 0.598. The van der Waals surface area contributed by atoms with Gasteiger partial charge in [-0.25, -0.2) is 0 Å². The Morgan fingerprint density at radius 3 is 3.00 bits per heavy atom. The van der Waals surface area contributed by atoms with Gasteiger partial charge in [-0.1, -0.05) is 15.9 Å². The van der Waals surface area contributed by atoms with Crippen molar-refractivity contribution in [3.05, 3.63) is 28.2 Å². The fourth-order valence-electron chi connectivity index (χ4n) is 2.07. The van der Waals surface area contributed by atoms with Crippen molar-refractivity contribution in [3.63, 3.8) is 0 Å². The van der Waals surface area contributed by atoms with Crippen molar-refractivity contribution < 1.29 is 19.4 Å². The largest absolute Gasteiger partial charge is 0.493 e. The third-order valence-corrected chi connectivity index (χ3v) is 3.78. The summed E-state index contributed by atoms with van der Waals surface area (Å²) in [5.41, 5.74) is 0.965. The molecule has 2 unspecified atom stereocenters. The molecule has 0 spiro atoms. The lowest BCUT2D eigenvalue weighted by Crippen LogP contribution is -2.09. The minimum absolute atomic E-state index is 0.0123. The number of halogens is 1. The number of benzene rings is 1. The molecule has 5 heteroatoms. The first kappa shape index (κ1) is 14.3. The molecule has 0 bridgehead atoms. The van der Waals surface area contributed by atoms with E-state index in [1.54, 1.807) is 0 Å². The van der Waals surface area contributed by atoms with E-state index in [1.807, 2.05) is 18.2 Å². The molecule has 104 valence electrons. The van der Waals surface area contributed by atoms with Crippen molar-refractivity contribution in [2.45, 2.75) is 12.8 Å². The second-order valence-corrected chi connectivity index (χ2v) is 5.58. The molecule has 4 nitrogen and oxygen atoms in total. The van der Waals surface area contributed by atoms with Gasteiger partial charge in [-0.15, -0.1) is 0 Å². The van der Waals surface area contributed by atoms with Crippen LogP contribution in [0.3, 0.4) is 0 Å². The van der Waals surface area contributed by atoms with Crippen molar-refractivity contribution in [2.24, 2.45) is 11.8 Å². The van der Waals surface area contributed by atoms with E-state index in [1.165, 1.54) is 7.11 Å². The highest BCUT2D eigenvalue weighted by atomic mass is 79.9. The zero-order chi connectivity index (χ0) is 13.8. The maximum absolute atomic E-state index is 11.3. The van der Waals surface area contributed by atoms with Crippen LogP contribution < -0.4 is 4.74 Å². The van der Waals surface area contributed by atoms with E-state index < -0.39 is 0 Å². The second kappa shape index (κ2) is 6.39. The number of rotatable bonds is 6. The highest BCUT2D eigenvalue weighted by Gasteiger charge is 2.44. The topological polar surface area (TPSA) is 55.8 Å². The molecule has 0 amide bonds. The highest BCUT2D eigenvalue weighted by molar-refractivity contribution is 9.10. The third kappa shape index (κ3) is 3.70. The van der Waals surface area contributed by atoms with E-state index >= 15 is 0 Å². The van der Waals surface area contributed by atoms with Crippen LogP contribution in [-0.2, 0) is 16.0 Å². The minimum Gasteiger partial charge on any atom is -0.493 e. The molecule has 0 radical (unpaired) electrons. The van der Waals surface area contributed by atoms with Gasteiger partial charge in [-0.2, -0.15) is 0 Å². The van der Waals surface area contributed by atoms with Crippen LogP contribution in [0.1, 0.15) is 12.0 Å². The molecule has 1 N–H and O–H groups in total. The first-order valence-electron chi connectivity index (χ1n) is 6.25. The standard InChI is InChI=1S/C14H17BrO4/c1-18-14(17)12-7-10(12)8-19-13-3-2-11(15)6-9(13)4-5-16/h2-3,6,10,12,16H,4-5,7-8H2,1H3. The van der Waals surface area contributed by atoms with Crippen LogP contribution in [0.5, 0.6) is 5.75 Å². The lowest BCUT2D eigenvalue weighted by molar-refractivity contribution is -0.142. The maximum Gasteiger partial charge on any atom is 0.309 e. The van der Waals surface area contributed by atoms with Gasteiger partial charge in [0.25, 0.3) is 0 Å². The van der Waals surface area contributed by atoms with Crippen LogP contribution in [0.4, 0.5) is 0 Å². The molecule has 1 saturated carbocycles. The molecule has 19 heavy (non-hydrogen) atoms. The molecule has 1 aliphatic carbocycles. The monoisotopic (exact) mass is 328 g/mol. The smallest absolute Gasteiger partial charge is 0.309 e. The Balaban J connectivity index is 1.91. The summed E-state index contributed by atoms with van der Waals surface area (Å²) in [6.07, 6.45) is 1.39. The van der Waals surface area contributed by atoms with Crippen LogP contribution in [0.2, 0.25) is 0 Å². The summed E-state index contributed by atoms with van der Waals surface area (Å²) in [7, 11) is 1.41. The van der Waals surface area contributed by atoms with Gasteiger partial charge in [0, 0.05) is 17.0 Å². The van der Waals surface area contributed by atoms with Gasteiger partial charge in [-0.3, -0.25) is 4.79 Å². The highest BCUT2D eigenvalue weighted by Crippen LogP contribution is 2.40. The second-order valence-electron chi connectivity index (χ2n) is 4.66. The molecule has 1 fully saturated rings. The van der Waals surface area contributed by atoms with Crippen LogP contribution in [0, 0.1) is 11.8 Å². The van der Waals surface area contributed by atoms with Gasteiger partial charge < -0.3 is 14.6 Å². The fourth-order valence-corrected chi connectivity index (χ4v) is 2.48. The normalized spacial score (nSPS) is 21.0. The number of esters is 1. The molecule has 2 atom stereocenters. The quantitative estimate of drug-likeness (QED) is 0.813. The summed E-state index contributed by atoms with van der Waals surface area (Å²) in [5.74, 6) is 0.854. The molecule has 2 rings (SSSR count). The van der Waals surface area contributed by atoms with Crippen molar-refractivity contribution in [3.8, 4) is 5.75 Å². The number of aliphatic hydroxyl groups is 1. The molecule has 1 aliphatic rings. The number of methoxy groups -OCH3 is 1. The van der Waals surface area contributed by atoms with Crippen molar-refractivity contribution >= 4 is 21.9 Å². The lowest BCUT2D eigenvalue weighted by Gasteiger charge is -2.11. The Morgan fingerprint density at radius 1 is 1.53 bits per heavy atom. The maximum atomic E-state index is 11.3. The van der Waals surface area contributed by atoms with Gasteiger partial charge >= 0.3 is 5.97 Å². The zero-order valence-electron chi connectivity index (χ0n) is 10.8. The summed E-state index contributed by atoms with van der Waals surface area (Å²) >= 11 is 3.40. The SMILES string of the molecule is COC(=O)C1CC1COc1ccc(Br)cc1CCO. The van der Waals surface area contributed by atoms with Crippen molar-refractivity contribution in [2.75, 3.05) is 20.3 Å². The fraction of sp³-hybridized carbons (Fsp3) is 0.500. The number of ether oxygens (including phenoxy) is 2. The number of carbonyl (C=O) groups is 1. The molecule has 0 heterocycles. The Bertz CT molecular complexity index is 461. The average Bonchev–Trinajstić information content (AvgIpc) is 3.17. The van der Waals surface area contributed by atoms with Crippen molar-refractivity contribution in [1.82, 2.24) is 0 Å². The van der Waals surface area contributed by atoms with Gasteiger partial charge in [0.2, 0.25) is 0 Å². The number of hydrogen-bond acceptors (Lipinski definition) is 4. The van der Waals surface area contributed by atoms with Crippen LogP contribution >= 0.6 is 15.9 Å². The van der Waals surface area contributed by atoms with Crippen molar-refractivity contribution in [1.29, 1.82) is 0 Å². The van der Waals surface area contributed by atoms with E-state index in [0.717, 1.165) is 22.2 Å². The summed E-state index contributed by atoms with van der Waals surface area (Å²) in [4.78, 5) is 11.3. The minimum atomic E-state index is -0.153. The van der Waals surface area contributed by atoms with Gasteiger partial charge in [-0.05, 0) is 36.6 Å². The van der Waals surface area contributed by atoms with E-state index in [2.05, 4.69) is 15.9 Å². The first-order valence-corrected chi connectivity index (χ1v) is 7.05. The van der Waals surface area contributed by atoms with E-state index in [-0.39, 0.29) is 24.4 Å². The molecule has 1 aromatic carbocycles. The molecular weight excluding hydrogens is 312 g/mol. The summed E-state index contributed by atoms with van der Waals surface area (Å²) < 4.78 is 11.4. The van der Waals surface area contributed by atoms with Gasteiger partial charge in [0.1, 0.15) is 5.75 Å². The number of hydrogen-bond donors (Lipinski definition) is 1. The Morgan fingerprint density at radius 2 is 2.32 bits per heavy atom. The predicted molar refractivity (Wildman–Crippen MR) is 74.0 cm³/mol. The number of carbonyl (C=O) groups excluding carboxylic acids is 1. The van der Waals surface area contributed by atoms with Gasteiger partial charge in [0.05, 0.1) is 19.6 Å². The van der Waals surface area contributed by atoms with Crippen LogP contribution in [-0.4, -0.2) is 31.4 Å². The van der Waals surface area contributed by atoms with E-state index in [0.29, 0.717) is 13.0 Å². The zero-order valence-corrected chi connectivity index (χ0v) is 12.4. The Labute approximate surface area is 120 Å². The predicted octanol–water partition coefficient (Wildman–Crippen LogP) is 2.17. The van der Waals surface area contributed by atoms with Gasteiger partial charge in [0.15, 0.2) is 0 Å². The molecule has 0 aromatic heterocycles. The average molecular weight is 329 g/mol. The van der Waals surface area contributed by atoms with E-state index in [9.17, 15) is 4.79 Å². The summed E-state index contributed by atoms with van der Waals surface area (Å²) in [5, 5.41) is 9.04. The third-order valence-electron chi connectivity index (χ3n) is 3.28. The molecule has 0 aliphatic heterocycles. The Kier molecular flexibility index (Phi) is 4.82. The molecule has 1 aromatic rings. The Hall–Kier alpha value is -1.07. The van der Waals surface area contributed by atoms with Crippen LogP contribution in [0.15, 0.2) is 22.7 Å². The van der Waals surface area contributed by atoms with E-state index in [4.69, 9.17) is 14.6 Å². The molecule has 0 saturated heterocycles. The first-order chi connectivity index (χ1) is 9.15.